The summed E-state index contributed by atoms with van der Waals surface area (Å²) in [7, 11) is 3.12. The molecule has 26 heavy (non-hydrogen) atoms. The van der Waals surface area contributed by atoms with Crippen molar-refractivity contribution < 1.29 is 14.3 Å². The second-order valence-corrected chi connectivity index (χ2v) is 6.49. The first-order valence-corrected chi connectivity index (χ1v) is 8.66. The van der Waals surface area contributed by atoms with Gasteiger partial charge in [0.05, 0.1) is 29.0 Å². The fourth-order valence-electron chi connectivity index (χ4n) is 2.42. The van der Waals surface area contributed by atoms with E-state index >= 15 is 0 Å². The Hall–Kier alpha value is -3.12. The van der Waals surface area contributed by atoms with Crippen LogP contribution in [0.4, 0.5) is 0 Å². The SMILES string of the molecule is COc1ccc(/C=c2\s/c(=C\C(=O)c3ccccc3OC)[nH]c2=O)cc1. The van der Waals surface area contributed by atoms with E-state index in [0.717, 1.165) is 11.3 Å². The Kier molecular flexibility index (Phi) is 5.34. The first-order valence-electron chi connectivity index (χ1n) is 7.84. The number of benzene rings is 2. The minimum Gasteiger partial charge on any atom is -0.497 e. The van der Waals surface area contributed by atoms with Gasteiger partial charge in [-0.1, -0.05) is 24.3 Å². The summed E-state index contributed by atoms with van der Waals surface area (Å²) in [6.45, 7) is 0. The summed E-state index contributed by atoms with van der Waals surface area (Å²) in [5, 5.41) is 0. The van der Waals surface area contributed by atoms with Gasteiger partial charge < -0.3 is 14.5 Å². The van der Waals surface area contributed by atoms with E-state index in [0.29, 0.717) is 20.5 Å². The highest BCUT2D eigenvalue weighted by atomic mass is 32.1. The molecule has 0 unspecified atom stereocenters. The molecule has 3 aromatic rings. The Morgan fingerprint density at radius 2 is 1.77 bits per heavy atom. The number of carbonyl (C=O) groups is 1. The maximum Gasteiger partial charge on any atom is 0.266 e. The monoisotopic (exact) mass is 367 g/mol. The summed E-state index contributed by atoms with van der Waals surface area (Å²) in [6, 6.07) is 14.4. The molecular weight excluding hydrogens is 350 g/mol. The predicted octanol–water partition coefficient (Wildman–Crippen LogP) is 1.95. The van der Waals surface area contributed by atoms with Crippen molar-refractivity contribution in [1.82, 2.24) is 4.98 Å². The highest BCUT2D eigenvalue weighted by molar-refractivity contribution is 7.07. The molecule has 0 aliphatic rings. The number of nitrogens with one attached hydrogen (secondary N) is 1. The van der Waals surface area contributed by atoms with Crippen molar-refractivity contribution in [2.75, 3.05) is 14.2 Å². The van der Waals surface area contributed by atoms with E-state index in [1.54, 1.807) is 37.5 Å². The van der Waals surface area contributed by atoms with Gasteiger partial charge in [-0.15, -0.1) is 11.3 Å². The number of ether oxygens (including phenoxy) is 2. The largest absolute Gasteiger partial charge is 0.497 e. The number of aromatic amines is 1. The summed E-state index contributed by atoms with van der Waals surface area (Å²) >= 11 is 1.23. The molecule has 0 bridgehead atoms. The van der Waals surface area contributed by atoms with E-state index in [2.05, 4.69) is 4.98 Å². The van der Waals surface area contributed by atoms with Gasteiger partial charge in [0, 0.05) is 6.08 Å². The van der Waals surface area contributed by atoms with Gasteiger partial charge >= 0.3 is 0 Å². The van der Waals surface area contributed by atoms with Gasteiger partial charge in [0.25, 0.3) is 5.56 Å². The minimum absolute atomic E-state index is 0.226. The number of rotatable bonds is 5. The van der Waals surface area contributed by atoms with Gasteiger partial charge in [-0.2, -0.15) is 0 Å². The molecule has 0 amide bonds. The second-order valence-electron chi connectivity index (χ2n) is 5.41. The number of H-pyrrole nitrogens is 1. The number of methoxy groups -OCH3 is 2. The van der Waals surface area contributed by atoms with E-state index in [9.17, 15) is 9.59 Å². The van der Waals surface area contributed by atoms with Crippen LogP contribution in [0.25, 0.3) is 12.2 Å². The lowest BCUT2D eigenvalue weighted by Gasteiger charge is -2.03. The van der Waals surface area contributed by atoms with Crippen LogP contribution in [0, 0.1) is 0 Å². The van der Waals surface area contributed by atoms with Crippen LogP contribution in [-0.4, -0.2) is 25.0 Å². The lowest BCUT2D eigenvalue weighted by Crippen LogP contribution is -2.20. The Labute approximate surface area is 153 Å². The second kappa shape index (κ2) is 7.84. The van der Waals surface area contributed by atoms with Crippen LogP contribution in [0.1, 0.15) is 15.9 Å². The maximum atomic E-state index is 12.5. The highest BCUT2D eigenvalue weighted by Gasteiger charge is 2.09. The fourth-order valence-corrected chi connectivity index (χ4v) is 3.31. The number of thiazole rings is 1. The number of ketones is 1. The van der Waals surface area contributed by atoms with Gasteiger partial charge in [0.2, 0.25) is 0 Å². The Balaban J connectivity index is 1.96. The molecule has 0 aliphatic heterocycles. The molecule has 0 spiro atoms. The Bertz CT molecular complexity index is 1090. The maximum absolute atomic E-state index is 12.5. The van der Waals surface area contributed by atoms with Crippen LogP contribution in [-0.2, 0) is 0 Å². The number of hydrogen-bond acceptors (Lipinski definition) is 5. The number of carbonyl (C=O) groups excluding carboxylic acids is 1. The number of Topliss-reactive ketones (excluding diaryl/α,β-unsaturated/α-hetero) is 1. The van der Waals surface area contributed by atoms with Crippen molar-refractivity contribution in [2.24, 2.45) is 0 Å². The summed E-state index contributed by atoms with van der Waals surface area (Å²) in [4.78, 5) is 27.3. The summed E-state index contributed by atoms with van der Waals surface area (Å²) < 4.78 is 11.3. The molecule has 1 aromatic heterocycles. The third-order valence-electron chi connectivity index (χ3n) is 3.73. The van der Waals surface area contributed by atoms with Crippen LogP contribution >= 0.6 is 11.3 Å². The fraction of sp³-hybridized carbons (Fsp3) is 0.100. The Morgan fingerprint density at radius 1 is 1.04 bits per heavy atom. The molecule has 0 saturated heterocycles. The molecule has 0 fully saturated rings. The molecule has 0 saturated carbocycles. The lowest BCUT2D eigenvalue weighted by atomic mass is 10.1. The van der Waals surface area contributed by atoms with Crippen molar-refractivity contribution in [3.05, 3.63) is 79.2 Å². The molecule has 5 nitrogen and oxygen atoms in total. The van der Waals surface area contributed by atoms with Crippen molar-refractivity contribution in [3.8, 4) is 11.5 Å². The van der Waals surface area contributed by atoms with Crippen LogP contribution in [0.3, 0.4) is 0 Å². The molecule has 2 aromatic carbocycles. The number of aromatic nitrogens is 1. The minimum atomic E-state index is -0.232. The van der Waals surface area contributed by atoms with E-state index in [1.807, 2.05) is 24.3 Å². The quantitative estimate of drug-likeness (QED) is 0.700. The average Bonchev–Trinajstić information content (AvgIpc) is 3.01. The topological polar surface area (TPSA) is 68.4 Å². The van der Waals surface area contributed by atoms with Crippen LogP contribution in [0.2, 0.25) is 0 Å². The molecule has 0 aliphatic carbocycles. The zero-order valence-corrected chi connectivity index (χ0v) is 15.1. The smallest absolute Gasteiger partial charge is 0.266 e. The standard InChI is InChI=1S/C20H17NO4S/c1-24-14-9-7-13(8-10-14)11-18-20(23)21-19(26-18)12-16(22)15-5-3-4-6-17(15)25-2/h3-12H,1-2H3,(H,21,23)/b18-11-,19-12-. The van der Waals surface area contributed by atoms with Crippen molar-refractivity contribution in [3.63, 3.8) is 0 Å². The van der Waals surface area contributed by atoms with E-state index in [-0.39, 0.29) is 11.3 Å². The van der Waals surface area contributed by atoms with Gasteiger partial charge in [0.1, 0.15) is 11.5 Å². The third kappa shape index (κ3) is 3.92. The summed E-state index contributed by atoms with van der Waals surface area (Å²) in [6.07, 6.45) is 3.18. The molecular formula is C20H17NO4S. The normalized spacial score (nSPS) is 12.2. The van der Waals surface area contributed by atoms with Crippen LogP contribution < -0.4 is 24.2 Å². The average molecular weight is 367 g/mol. The van der Waals surface area contributed by atoms with E-state index in [4.69, 9.17) is 9.47 Å². The molecule has 0 radical (unpaired) electrons. The van der Waals surface area contributed by atoms with E-state index in [1.165, 1.54) is 24.5 Å². The zero-order valence-electron chi connectivity index (χ0n) is 14.3. The zero-order chi connectivity index (χ0) is 18.5. The van der Waals surface area contributed by atoms with Crippen molar-refractivity contribution in [1.29, 1.82) is 0 Å². The molecule has 1 N–H and O–H groups in total. The highest BCUT2D eigenvalue weighted by Crippen LogP contribution is 2.18. The predicted molar refractivity (Wildman–Crippen MR) is 103 cm³/mol. The van der Waals surface area contributed by atoms with Crippen molar-refractivity contribution >= 4 is 29.3 Å². The molecule has 132 valence electrons. The number of hydrogen-bond donors (Lipinski definition) is 1. The van der Waals surface area contributed by atoms with Gasteiger partial charge in [-0.3, -0.25) is 9.59 Å². The molecule has 6 heteroatoms. The van der Waals surface area contributed by atoms with Gasteiger partial charge in [-0.05, 0) is 35.9 Å². The summed E-state index contributed by atoms with van der Waals surface area (Å²) in [5.74, 6) is 1.02. The Morgan fingerprint density at radius 3 is 2.46 bits per heavy atom. The lowest BCUT2D eigenvalue weighted by molar-refractivity contribution is 0.105. The van der Waals surface area contributed by atoms with Gasteiger partial charge in [0.15, 0.2) is 5.78 Å². The molecule has 3 rings (SSSR count). The summed E-state index contributed by atoms with van der Waals surface area (Å²) in [5.41, 5.74) is 1.09. The van der Waals surface area contributed by atoms with Gasteiger partial charge in [-0.25, -0.2) is 0 Å². The first-order chi connectivity index (χ1) is 12.6. The first kappa shape index (κ1) is 17.7. The van der Waals surface area contributed by atoms with Crippen molar-refractivity contribution in [2.45, 2.75) is 0 Å². The molecule has 1 heterocycles. The third-order valence-corrected chi connectivity index (χ3v) is 4.69. The molecule has 0 atom stereocenters. The van der Waals surface area contributed by atoms with Crippen LogP contribution in [0.15, 0.2) is 53.3 Å². The van der Waals surface area contributed by atoms with E-state index < -0.39 is 0 Å². The van der Waals surface area contributed by atoms with Crippen LogP contribution in [0.5, 0.6) is 11.5 Å². The number of para-hydroxylation sites is 1.